The molecule has 10 heteroatoms. The van der Waals surface area contributed by atoms with E-state index in [1.54, 1.807) is 36.4 Å². The minimum absolute atomic E-state index is 0.0226. The maximum atomic E-state index is 13.9. The van der Waals surface area contributed by atoms with Crippen LogP contribution in [0, 0.1) is 6.92 Å². The van der Waals surface area contributed by atoms with E-state index in [9.17, 15) is 18.0 Å². The average molecular weight is 563 g/mol. The lowest BCUT2D eigenvalue weighted by Gasteiger charge is -2.33. The number of rotatable bonds is 10. The minimum Gasteiger partial charge on any atom is -0.357 e. The molecule has 0 aliphatic heterocycles. The summed E-state index contributed by atoms with van der Waals surface area (Å²) in [6, 6.07) is 20.1. The zero-order valence-electron chi connectivity index (χ0n) is 20.8. The van der Waals surface area contributed by atoms with Gasteiger partial charge in [0.1, 0.15) is 12.6 Å². The minimum atomic E-state index is -3.82. The quantitative estimate of drug-likeness (QED) is 0.396. The number of amides is 2. The van der Waals surface area contributed by atoms with Crippen molar-refractivity contribution in [2.45, 2.75) is 25.9 Å². The van der Waals surface area contributed by atoms with Crippen molar-refractivity contribution in [1.82, 2.24) is 10.2 Å². The van der Waals surface area contributed by atoms with Gasteiger partial charge in [-0.2, -0.15) is 0 Å². The number of nitrogens with zero attached hydrogens (tertiary/aromatic N) is 2. The van der Waals surface area contributed by atoms with Gasteiger partial charge in [-0.05, 0) is 47.9 Å². The van der Waals surface area contributed by atoms with Crippen molar-refractivity contribution >= 4 is 50.7 Å². The number of hydrogen-bond donors (Lipinski definition) is 1. The maximum absolute atomic E-state index is 13.9. The van der Waals surface area contributed by atoms with Crippen LogP contribution >= 0.6 is 23.2 Å². The predicted octanol–water partition coefficient (Wildman–Crippen LogP) is 4.45. The van der Waals surface area contributed by atoms with Crippen LogP contribution in [0.2, 0.25) is 10.0 Å². The van der Waals surface area contributed by atoms with Crippen LogP contribution < -0.4 is 9.62 Å². The summed E-state index contributed by atoms with van der Waals surface area (Å²) in [5.74, 6) is -0.939. The van der Waals surface area contributed by atoms with Crippen molar-refractivity contribution in [2.75, 3.05) is 24.2 Å². The number of carbonyl (C=O) groups excluding carboxylic acids is 2. The zero-order valence-corrected chi connectivity index (χ0v) is 23.1. The van der Waals surface area contributed by atoms with Gasteiger partial charge in [-0.25, -0.2) is 8.42 Å². The van der Waals surface area contributed by atoms with E-state index in [4.69, 9.17) is 23.2 Å². The van der Waals surface area contributed by atoms with Crippen LogP contribution in [-0.2, 0) is 32.6 Å². The Kier molecular flexibility index (Phi) is 9.59. The van der Waals surface area contributed by atoms with Gasteiger partial charge in [-0.15, -0.1) is 0 Å². The van der Waals surface area contributed by atoms with Crippen LogP contribution in [0.4, 0.5) is 5.69 Å². The van der Waals surface area contributed by atoms with Gasteiger partial charge in [0.2, 0.25) is 21.8 Å². The third kappa shape index (κ3) is 7.71. The highest BCUT2D eigenvalue weighted by Crippen LogP contribution is 2.25. The molecule has 0 spiro atoms. The Hall–Kier alpha value is -3.07. The van der Waals surface area contributed by atoms with E-state index < -0.39 is 28.5 Å². The van der Waals surface area contributed by atoms with E-state index in [1.165, 1.54) is 11.9 Å². The van der Waals surface area contributed by atoms with Crippen molar-refractivity contribution in [1.29, 1.82) is 0 Å². The predicted molar refractivity (Wildman–Crippen MR) is 148 cm³/mol. The molecule has 0 saturated heterocycles. The second kappa shape index (κ2) is 12.4. The second-order valence-electron chi connectivity index (χ2n) is 8.69. The lowest BCUT2D eigenvalue weighted by molar-refractivity contribution is -0.139. The highest BCUT2D eigenvalue weighted by atomic mass is 35.5. The summed E-state index contributed by atoms with van der Waals surface area (Å²) in [6.45, 7) is 1.32. The average Bonchev–Trinajstić information content (AvgIpc) is 2.85. The summed E-state index contributed by atoms with van der Waals surface area (Å²) in [4.78, 5) is 28.3. The Balaban J connectivity index is 2.05. The highest BCUT2D eigenvalue weighted by molar-refractivity contribution is 7.92. The summed E-state index contributed by atoms with van der Waals surface area (Å²) in [6.07, 6.45) is 1.27. The molecule has 0 unspecified atom stereocenters. The summed E-state index contributed by atoms with van der Waals surface area (Å²) in [5.41, 5.74) is 2.62. The van der Waals surface area contributed by atoms with Crippen molar-refractivity contribution in [3.63, 3.8) is 0 Å². The van der Waals surface area contributed by atoms with Crippen LogP contribution in [0.25, 0.3) is 0 Å². The summed E-state index contributed by atoms with van der Waals surface area (Å²) >= 11 is 12.5. The van der Waals surface area contributed by atoms with Gasteiger partial charge in [-0.3, -0.25) is 13.9 Å². The second-order valence-corrected chi connectivity index (χ2v) is 11.4. The van der Waals surface area contributed by atoms with Gasteiger partial charge in [0.15, 0.2) is 0 Å². The van der Waals surface area contributed by atoms with Crippen molar-refractivity contribution < 1.29 is 18.0 Å². The fourth-order valence-electron chi connectivity index (χ4n) is 3.95. The van der Waals surface area contributed by atoms with Crippen LogP contribution in [-0.4, -0.2) is 51.0 Å². The van der Waals surface area contributed by atoms with Gasteiger partial charge < -0.3 is 10.2 Å². The molecule has 0 aromatic heterocycles. The largest absolute Gasteiger partial charge is 0.357 e. The molecule has 3 aromatic carbocycles. The van der Waals surface area contributed by atoms with Gasteiger partial charge >= 0.3 is 0 Å². The Labute approximate surface area is 228 Å². The van der Waals surface area contributed by atoms with Crippen molar-refractivity contribution in [3.8, 4) is 0 Å². The molecule has 7 nitrogen and oxygen atoms in total. The third-order valence-electron chi connectivity index (χ3n) is 5.84. The molecule has 0 aliphatic carbocycles. The number of nitrogens with one attached hydrogen (secondary N) is 1. The van der Waals surface area contributed by atoms with Crippen LogP contribution in [0.5, 0.6) is 0 Å². The SMILES string of the molecule is CNC(=O)[C@@H](Cc1ccccc1)N(Cc1ccc(Cl)cc1Cl)C(=O)CN(c1cccc(C)c1)S(C)(=O)=O. The number of aryl methyl sites for hydroxylation is 1. The number of hydrogen-bond acceptors (Lipinski definition) is 4. The molecular formula is C27H29Cl2N3O4S. The lowest BCUT2D eigenvalue weighted by Crippen LogP contribution is -2.52. The smallest absolute Gasteiger partial charge is 0.244 e. The molecule has 0 aliphatic rings. The topological polar surface area (TPSA) is 86.8 Å². The first-order valence-corrected chi connectivity index (χ1v) is 14.1. The third-order valence-corrected chi connectivity index (χ3v) is 7.57. The fraction of sp³-hybridized carbons (Fsp3) is 0.259. The van der Waals surface area contributed by atoms with Crippen molar-refractivity contribution in [2.24, 2.45) is 0 Å². The number of likely N-dealkylation sites (N-methyl/N-ethyl adjacent to an activating group) is 1. The lowest BCUT2D eigenvalue weighted by atomic mass is 10.0. The van der Waals surface area contributed by atoms with Crippen LogP contribution in [0.1, 0.15) is 16.7 Å². The molecule has 0 heterocycles. The number of benzene rings is 3. The molecular weight excluding hydrogens is 533 g/mol. The standard InChI is InChI=1S/C27H29Cl2N3O4S/c1-19-8-7-11-23(14-19)32(37(3,35)36)18-26(33)31(17-21-12-13-22(28)16-24(21)29)25(27(34)30-2)15-20-9-5-4-6-10-20/h4-14,16,25H,15,17-18H2,1-3H3,(H,30,34)/t25-/m1/s1. The molecule has 3 aromatic rings. The first kappa shape index (κ1) is 28.5. The maximum Gasteiger partial charge on any atom is 0.244 e. The van der Waals surface area contributed by atoms with Gasteiger partial charge in [0.25, 0.3) is 0 Å². The van der Waals surface area contributed by atoms with Gasteiger partial charge in [0, 0.05) is 30.1 Å². The molecule has 3 rings (SSSR count). The van der Waals surface area contributed by atoms with E-state index >= 15 is 0 Å². The fourth-order valence-corrected chi connectivity index (χ4v) is 5.26. The van der Waals surface area contributed by atoms with Crippen molar-refractivity contribution in [3.05, 3.63) is 99.5 Å². The first-order valence-electron chi connectivity index (χ1n) is 11.5. The highest BCUT2D eigenvalue weighted by Gasteiger charge is 2.33. The molecule has 1 N–H and O–H groups in total. The van der Waals surface area contributed by atoms with Crippen LogP contribution in [0.3, 0.4) is 0 Å². The Morgan fingerprint density at radius 2 is 1.68 bits per heavy atom. The van der Waals surface area contributed by atoms with Crippen LogP contribution in [0.15, 0.2) is 72.8 Å². The van der Waals surface area contributed by atoms with E-state index in [-0.39, 0.29) is 18.9 Å². The van der Waals surface area contributed by atoms with E-state index in [0.717, 1.165) is 21.7 Å². The molecule has 1 atom stereocenters. The molecule has 196 valence electrons. The van der Waals surface area contributed by atoms with E-state index in [2.05, 4.69) is 5.32 Å². The summed E-state index contributed by atoms with van der Waals surface area (Å²) in [5, 5.41) is 3.40. The zero-order chi connectivity index (χ0) is 27.2. The van der Waals surface area contributed by atoms with Gasteiger partial charge in [0.05, 0.1) is 11.9 Å². The summed E-state index contributed by atoms with van der Waals surface area (Å²) in [7, 11) is -2.32. The Bertz CT molecular complexity index is 1370. The monoisotopic (exact) mass is 561 g/mol. The molecule has 37 heavy (non-hydrogen) atoms. The normalized spacial score (nSPS) is 12.0. The number of anilines is 1. The number of halogens is 2. The molecule has 0 saturated carbocycles. The molecule has 0 fully saturated rings. The summed E-state index contributed by atoms with van der Waals surface area (Å²) < 4.78 is 26.5. The molecule has 0 radical (unpaired) electrons. The molecule has 2 amide bonds. The van der Waals surface area contributed by atoms with E-state index in [0.29, 0.717) is 21.3 Å². The van der Waals surface area contributed by atoms with Gasteiger partial charge in [-0.1, -0.05) is 71.7 Å². The molecule has 0 bridgehead atoms. The number of sulfonamides is 1. The Morgan fingerprint density at radius 3 is 2.27 bits per heavy atom. The van der Waals surface area contributed by atoms with E-state index in [1.807, 2.05) is 43.3 Å². The Morgan fingerprint density at radius 1 is 0.973 bits per heavy atom. The first-order chi connectivity index (χ1) is 17.5. The number of carbonyl (C=O) groups is 2.